The molecule has 2 heterocycles. The number of fused-ring (bicyclic) bond motifs is 1. The van der Waals surface area contributed by atoms with E-state index in [4.69, 9.17) is 21.1 Å². The average Bonchev–Trinajstić information content (AvgIpc) is 2.46. The highest BCUT2D eigenvalue weighted by molar-refractivity contribution is 6.33. The third-order valence-corrected chi connectivity index (χ3v) is 3.05. The molecule has 0 saturated heterocycles. The van der Waals surface area contributed by atoms with Crippen molar-refractivity contribution < 1.29 is 9.47 Å². The first-order valence-electron chi connectivity index (χ1n) is 5.91. The van der Waals surface area contributed by atoms with Gasteiger partial charge in [-0.05, 0) is 6.07 Å². The van der Waals surface area contributed by atoms with Crippen LogP contribution in [-0.2, 0) is 6.54 Å². The van der Waals surface area contributed by atoms with Crippen molar-refractivity contribution in [3.63, 3.8) is 0 Å². The highest BCUT2D eigenvalue weighted by Crippen LogP contribution is 2.37. The van der Waals surface area contributed by atoms with Gasteiger partial charge in [0.05, 0.1) is 22.9 Å². The molecule has 2 aromatic rings. The summed E-state index contributed by atoms with van der Waals surface area (Å²) in [5.74, 6) is 1.39. The number of halogens is 1. The summed E-state index contributed by atoms with van der Waals surface area (Å²) in [7, 11) is 0. The SMILES string of the molecule is Clc1cc2c(cc1NCc1ccncn1)OCCO2. The van der Waals surface area contributed by atoms with Crippen molar-refractivity contribution in [2.45, 2.75) is 6.54 Å². The molecule has 0 aliphatic carbocycles. The molecule has 3 rings (SSSR count). The number of benzene rings is 1. The lowest BCUT2D eigenvalue weighted by Crippen LogP contribution is -2.15. The summed E-state index contributed by atoms with van der Waals surface area (Å²) in [5.41, 5.74) is 1.69. The summed E-state index contributed by atoms with van der Waals surface area (Å²) in [6.45, 7) is 1.68. The van der Waals surface area contributed by atoms with Gasteiger partial charge in [-0.15, -0.1) is 0 Å². The smallest absolute Gasteiger partial charge is 0.163 e. The van der Waals surface area contributed by atoms with Crippen LogP contribution >= 0.6 is 11.6 Å². The van der Waals surface area contributed by atoms with E-state index in [1.807, 2.05) is 12.1 Å². The maximum atomic E-state index is 6.20. The number of nitrogens with one attached hydrogen (secondary N) is 1. The Morgan fingerprint density at radius 1 is 1.21 bits per heavy atom. The molecule has 0 unspecified atom stereocenters. The van der Waals surface area contributed by atoms with Crippen molar-refractivity contribution in [2.24, 2.45) is 0 Å². The van der Waals surface area contributed by atoms with Gasteiger partial charge in [-0.1, -0.05) is 11.6 Å². The number of hydrogen-bond donors (Lipinski definition) is 1. The monoisotopic (exact) mass is 277 g/mol. The Hall–Kier alpha value is -2.01. The summed E-state index contributed by atoms with van der Waals surface area (Å²) < 4.78 is 11.0. The standard InChI is InChI=1S/C13H12ClN3O2/c14-10-5-12-13(19-4-3-18-12)6-11(10)16-7-9-1-2-15-8-17-9/h1-2,5-6,8,16H,3-4,7H2. The molecule has 0 atom stereocenters. The third kappa shape index (κ3) is 2.71. The summed E-state index contributed by atoms with van der Waals surface area (Å²) in [6, 6.07) is 5.45. The van der Waals surface area contributed by atoms with Gasteiger partial charge in [0.2, 0.25) is 0 Å². The first kappa shape index (κ1) is 12.0. The molecule has 0 bridgehead atoms. The van der Waals surface area contributed by atoms with Crippen LogP contribution in [0.3, 0.4) is 0 Å². The normalized spacial score (nSPS) is 13.1. The lowest BCUT2D eigenvalue weighted by atomic mass is 10.2. The van der Waals surface area contributed by atoms with Crippen molar-refractivity contribution in [1.29, 1.82) is 0 Å². The van der Waals surface area contributed by atoms with Crippen LogP contribution in [0.4, 0.5) is 5.69 Å². The van der Waals surface area contributed by atoms with E-state index >= 15 is 0 Å². The summed E-state index contributed by atoms with van der Waals surface area (Å²) in [5, 5.41) is 3.82. The predicted octanol–water partition coefficient (Wildman–Crippen LogP) is 2.51. The second-order valence-electron chi connectivity index (χ2n) is 4.03. The maximum Gasteiger partial charge on any atom is 0.163 e. The van der Waals surface area contributed by atoms with Gasteiger partial charge in [0, 0.05) is 18.3 Å². The van der Waals surface area contributed by atoms with E-state index in [1.54, 1.807) is 12.3 Å². The highest BCUT2D eigenvalue weighted by Gasteiger charge is 2.14. The predicted molar refractivity (Wildman–Crippen MR) is 71.8 cm³/mol. The van der Waals surface area contributed by atoms with Gasteiger partial charge < -0.3 is 14.8 Å². The van der Waals surface area contributed by atoms with E-state index in [1.165, 1.54) is 6.33 Å². The topological polar surface area (TPSA) is 56.3 Å². The molecule has 5 nitrogen and oxygen atoms in total. The minimum absolute atomic E-state index is 0.553. The molecule has 19 heavy (non-hydrogen) atoms. The quantitative estimate of drug-likeness (QED) is 0.934. The number of ether oxygens (including phenoxy) is 2. The van der Waals surface area contributed by atoms with Gasteiger partial charge in [0.15, 0.2) is 11.5 Å². The van der Waals surface area contributed by atoms with Crippen LogP contribution in [0.1, 0.15) is 5.69 Å². The van der Waals surface area contributed by atoms with E-state index in [0.29, 0.717) is 36.3 Å². The largest absolute Gasteiger partial charge is 0.486 e. The Bertz CT molecular complexity index is 578. The Morgan fingerprint density at radius 3 is 2.74 bits per heavy atom. The minimum Gasteiger partial charge on any atom is -0.486 e. The second kappa shape index (κ2) is 5.32. The molecule has 1 aliphatic rings. The zero-order chi connectivity index (χ0) is 13.1. The number of rotatable bonds is 3. The fourth-order valence-corrected chi connectivity index (χ4v) is 2.03. The maximum absolute atomic E-state index is 6.20. The number of nitrogens with zero attached hydrogens (tertiary/aromatic N) is 2. The molecular weight excluding hydrogens is 266 g/mol. The van der Waals surface area contributed by atoms with Gasteiger partial charge in [-0.2, -0.15) is 0 Å². The van der Waals surface area contributed by atoms with Gasteiger partial charge in [0.1, 0.15) is 19.5 Å². The molecule has 98 valence electrons. The first-order valence-corrected chi connectivity index (χ1v) is 6.28. The van der Waals surface area contributed by atoms with Crippen LogP contribution in [0, 0.1) is 0 Å². The minimum atomic E-state index is 0.553. The van der Waals surface area contributed by atoms with E-state index < -0.39 is 0 Å². The van der Waals surface area contributed by atoms with Crippen LogP contribution in [0.25, 0.3) is 0 Å². The Kier molecular flexibility index (Phi) is 3.37. The van der Waals surface area contributed by atoms with Crippen molar-refractivity contribution in [2.75, 3.05) is 18.5 Å². The number of anilines is 1. The molecule has 0 fully saturated rings. The molecule has 1 aliphatic heterocycles. The highest BCUT2D eigenvalue weighted by atomic mass is 35.5. The van der Waals surface area contributed by atoms with E-state index in [0.717, 1.165) is 11.4 Å². The summed E-state index contributed by atoms with van der Waals surface area (Å²) >= 11 is 6.20. The molecule has 0 spiro atoms. The zero-order valence-corrected chi connectivity index (χ0v) is 10.9. The molecule has 1 N–H and O–H groups in total. The summed E-state index contributed by atoms with van der Waals surface area (Å²) in [4.78, 5) is 8.01. The van der Waals surface area contributed by atoms with Crippen LogP contribution < -0.4 is 14.8 Å². The second-order valence-corrected chi connectivity index (χ2v) is 4.44. The van der Waals surface area contributed by atoms with Crippen molar-refractivity contribution in [3.8, 4) is 11.5 Å². The Morgan fingerprint density at radius 2 is 2.00 bits per heavy atom. The first-order chi connectivity index (χ1) is 9.33. The molecule has 0 radical (unpaired) electrons. The number of aromatic nitrogens is 2. The molecule has 1 aromatic carbocycles. The molecule has 6 heteroatoms. The number of hydrogen-bond acceptors (Lipinski definition) is 5. The van der Waals surface area contributed by atoms with Crippen molar-refractivity contribution in [1.82, 2.24) is 9.97 Å². The van der Waals surface area contributed by atoms with Crippen LogP contribution in [0.5, 0.6) is 11.5 Å². The van der Waals surface area contributed by atoms with Crippen molar-refractivity contribution >= 4 is 17.3 Å². The van der Waals surface area contributed by atoms with Gasteiger partial charge in [0.25, 0.3) is 0 Å². The van der Waals surface area contributed by atoms with Crippen LogP contribution in [0.15, 0.2) is 30.7 Å². The molecular formula is C13H12ClN3O2. The van der Waals surface area contributed by atoms with E-state index in [-0.39, 0.29) is 0 Å². The zero-order valence-electron chi connectivity index (χ0n) is 10.1. The summed E-state index contributed by atoms with van der Waals surface area (Å²) in [6.07, 6.45) is 3.22. The molecule has 0 amide bonds. The third-order valence-electron chi connectivity index (χ3n) is 2.74. The van der Waals surface area contributed by atoms with Gasteiger partial charge in [-0.25, -0.2) is 9.97 Å². The van der Waals surface area contributed by atoms with Gasteiger partial charge >= 0.3 is 0 Å². The fraction of sp³-hybridized carbons (Fsp3) is 0.231. The lowest BCUT2D eigenvalue weighted by Gasteiger charge is -2.20. The molecule has 1 aromatic heterocycles. The molecule has 0 saturated carbocycles. The van der Waals surface area contributed by atoms with Crippen LogP contribution in [0.2, 0.25) is 5.02 Å². The van der Waals surface area contributed by atoms with Crippen molar-refractivity contribution in [3.05, 3.63) is 41.4 Å². The van der Waals surface area contributed by atoms with E-state index in [2.05, 4.69) is 15.3 Å². The fourth-order valence-electron chi connectivity index (χ4n) is 1.81. The van der Waals surface area contributed by atoms with E-state index in [9.17, 15) is 0 Å². The van der Waals surface area contributed by atoms with Crippen LogP contribution in [-0.4, -0.2) is 23.2 Å². The van der Waals surface area contributed by atoms with Gasteiger partial charge in [-0.3, -0.25) is 0 Å². The Labute approximate surface area is 115 Å². The Balaban J connectivity index is 1.77. The lowest BCUT2D eigenvalue weighted by molar-refractivity contribution is 0.171. The average molecular weight is 278 g/mol.